The lowest BCUT2D eigenvalue weighted by molar-refractivity contribution is 0.133. The average Bonchev–Trinajstić information content (AvgIpc) is 2.94. The summed E-state index contributed by atoms with van der Waals surface area (Å²) in [6.07, 6.45) is -0.313. The molecule has 4 aromatic carbocycles. The summed E-state index contributed by atoms with van der Waals surface area (Å²) in [4.78, 5) is 5.16. The number of anilines is 1. The number of pyridine rings is 1. The van der Waals surface area contributed by atoms with Gasteiger partial charge in [-0.15, -0.1) is 0 Å². The van der Waals surface area contributed by atoms with Crippen molar-refractivity contribution >= 4 is 5.82 Å². The summed E-state index contributed by atoms with van der Waals surface area (Å²) < 4.78 is 6.10. The Balaban J connectivity index is 1.71. The molecule has 35 heavy (non-hydrogen) atoms. The van der Waals surface area contributed by atoms with Gasteiger partial charge in [0.1, 0.15) is 11.9 Å². The molecule has 0 aliphatic carbocycles. The van der Waals surface area contributed by atoms with Crippen molar-refractivity contribution in [2.45, 2.75) is 12.6 Å². The highest BCUT2D eigenvalue weighted by Crippen LogP contribution is 2.41. The van der Waals surface area contributed by atoms with Crippen LogP contribution in [0.15, 0.2) is 127 Å². The van der Waals surface area contributed by atoms with E-state index in [-0.39, 0.29) is 6.10 Å². The predicted octanol–water partition coefficient (Wildman–Crippen LogP) is 7.76. The van der Waals surface area contributed by atoms with Crippen LogP contribution in [-0.2, 0) is 11.3 Å². The smallest absolute Gasteiger partial charge is 0.127 e. The Morgan fingerprint density at radius 3 is 1.83 bits per heavy atom. The van der Waals surface area contributed by atoms with Crippen LogP contribution in [0.1, 0.15) is 22.9 Å². The zero-order valence-electron chi connectivity index (χ0n) is 19.8. The molecule has 172 valence electrons. The minimum absolute atomic E-state index is 0.313. The van der Waals surface area contributed by atoms with E-state index in [9.17, 15) is 0 Å². The van der Waals surface area contributed by atoms with E-state index in [2.05, 4.69) is 96.3 Å². The van der Waals surface area contributed by atoms with E-state index in [1.807, 2.05) is 36.4 Å². The van der Waals surface area contributed by atoms with Crippen LogP contribution in [0.5, 0.6) is 0 Å². The minimum Gasteiger partial charge on any atom is -0.370 e. The van der Waals surface area contributed by atoms with E-state index in [0.717, 1.165) is 39.3 Å². The topological polar surface area (TPSA) is 34.1 Å². The third-order valence-corrected chi connectivity index (χ3v) is 6.10. The van der Waals surface area contributed by atoms with Gasteiger partial charge in [0.2, 0.25) is 0 Å². The Bertz CT molecular complexity index is 1350. The lowest BCUT2D eigenvalue weighted by Gasteiger charge is -2.23. The molecule has 0 bridgehead atoms. The molecule has 0 radical (unpaired) electrons. The highest BCUT2D eigenvalue weighted by Gasteiger charge is 2.24. The van der Waals surface area contributed by atoms with Gasteiger partial charge in [0, 0.05) is 19.2 Å². The standard InChI is InChI=1S/C32H28N2O/c1-35-32(27-20-12-5-13-21-27)31-30(26-18-10-4-11-19-26)28(25-16-8-3-9-17-25)22-29(34-31)33-23-24-14-6-2-7-15-24/h2-22,32H,23H2,1H3,(H,33,34). The molecule has 0 saturated heterocycles. The van der Waals surface area contributed by atoms with Crippen LogP contribution < -0.4 is 5.32 Å². The molecule has 0 saturated carbocycles. The van der Waals surface area contributed by atoms with Crippen molar-refractivity contribution in [3.63, 3.8) is 0 Å². The third kappa shape index (κ3) is 5.16. The molecular formula is C32H28N2O. The van der Waals surface area contributed by atoms with Crippen LogP contribution in [-0.4, -0.2) is 12.1 Å². The van der Waals surface area contributed by atoms with Gasteiger partial charge in [-0.2, -0.15) is 0 Å². The molecule has 0 aliphatic heterocycles. The van der Waals surface area contributed by atoms with Gasteiger partial charge in [-0.05, 0) is 33.9 Å². The van der Waals surface area contributed by atoms with Crippen LogP contribution in [0.2, 0.25) is 0 Å². The molecule has 0 aliphatic rings. The SMILES string of the molecule is COC(c1ccccc1)c1nc(NCc2ccccc2)cc(-c2ccccc2)c1-c1ccccc1. The summed E-state index contributed by atoms with van der Waals surface area (Å²) in [6.45, 7) is 0.690. The molecule has 1 N–H and O–H groups in total. The van der Waals surface area contributed by atoms with E-state index in [4.69, 9.17) is 9.72 Å². The van der Waals surface area contributed by atoms with Gasteiger partial charge in [0.05, 0.1) is 5.69 Å². The second-order valence-corrected chi connectivity index (χ2v) is 8.41. The van der Waals surface area contributed by atoms with Crippen LogP contribution >= 0.6 is 0 Å². The molecule has 1 heterocycles. The molecule has 3 nitrogen and oxygen atoms in total. The number of ether oxygens (including phenoxy) is 1. The zero-order valence-corrected chi connectivity index (χ0v) is 19.8. The quantitative estimate of drug-likeness (QED) is 0.259. The number of aromatic nitrogens is 1. The third-order valence-electron chi connectivity index (χ3n) is 6.10. The minimum atomic E-state index is -0.313. The second-order valence-electron chi connectivity index (χ2n) is 8.41. The van der Waals surface area contributed by atoms with Crippen LogP contribution in [0.3, 0.4) is 0 Å². The van der Waals surface area contributed by atoms with E-state index < -0.39 is 0 Å². The van der Waals surface area contributed by atoms with E-state index in [1.165, 1.54) is 5.56 Å². The first-order valence-corrected chi connectivity index (χ1v) is 11.8. The monoisotopic (exact) mass is 456 g/mol. The Kier molecular flexibility index (Phi) is 6.97. The number of benzene rings is 4. The summed E-state index contributed by atoms with van der Waals surface area (Å²) >= 11 is 0. The summed E-state index contributed by atoms with van der Waals surface area (Å²) in [6, 6.07) is 43.8. The molecule has 5 aromatic rings. The van der Waals surface area contributed by atoms with Gasteiger partial charge in [-0.3, -0.25) is 0 Å². The van der Waals surface area contributed by atoms with Gasteiger partial charge >= 0.3 is 0 Å². The maximum Gasteiger partial charge on any atom is 0.127 e. The molecule has 1 unspecified atom stereocenters. The zero-order chi connectivity index (χ0) is 23.9. The van der Waals surface area contributed by atoms with E-state index >= 15 is 0 Å². The fraction of sp³-hybridized carbons (Fsp3) is 0.0938. The number of nitrogens with one attached hydrogen (secondary N) is 1. The van der Waals surface area contributed by atoms with E-state index in [1.54, 1.807) is 7.11 Å². The number of hydrogen-bond acceptors (Lipinski definition) is 3. The maximum absolute atomic E-state index is 6.10. The van der Waals surface area contributed by atoms with Gasteiger partial charge in [-0.1, -0.05) is 121 Å². The summed E-state index contributed by atoms with van der Waals surface area (Å²) in [5.74, 6) is 0.820. The molecule has 1 atom stereocenters. The lowest BCUT2D eigenvalue weighted by Crippen LogP contribution is -2.11. The first-order valence-electron chi connectivity index (χ1n) is 11.8. The normalized spacial score (nSPS) is 11.7. The Morgan fingerprint density at radius 2 is 1.23 bits per heavy atom. The number of rotatable bonds is 8. The van der Waals surface area contributed by atoms with Crippen LogP contribution in [0, 0.1) is 0 Å². The first-order chi connectivity index (χ1) is 17.3. The number of methoxy groups -OCH3 is 1. The summed E-state index contributed by atoms with van der Waals surface area (Å²) in [7, 11) is 1.75. The van der Waals surface area contributed by atoms with Crippen molar-refractivity contribution in [1.29, 1.82) is 0 Å². The maximum atomic E-state index is 6.10. The fourth-order valence-corrected chi connectivity index (χ4v) is 4.42. The molecule has 0 amide bonds. The van der Waals surface area contributed by atoms with Gasteiger partial charge in [0.15, 0.2) is 0 Å². The Hall–Kier alpha value is -4.21. The van der Waals surface area contributed by atoms with Gasteiger partial charge in [0.25, 0.3) is 0 Å². The van der Waals surface area contributed by atoms with Crippen molar-refractivity contribution in [3.8, 4) is 22.3 Å². The molecular weight excluding hydrogens is 428 g/mol. The van der Waals surface area contributed by atoms with Crippen LogP contribution in [0.25, 0.3) is 22.3 Å². The molecule has 3 heteroatoms. The molecule has 0 fully saturated rings. The molecule has 1 aromatic heterocycles. The largest absolute Gasteiger partial charge is 0.370 e. The second kappa shape index (κ2) is 10.8. The van der Waals surface area contributed by atoms with Crippen molar-refractivity contribution in [2.24, 2.45) is 0 Å². The summed E-state index contributed by atoms with van der Waals surface area (Å²) in [5.41, 5.74) is 7.62. The fourth-order valence-electron chi connectivity index (χ4n) is 4.42. The Morgan fingerprint density at radius 1 is 0.686 bits per heavy atom. The van der Waals surface area contributed by atoms with E-state index in [0.29, 0.717) is 6.54 Å². The highest BCUT2D eigenvalue weighted by molar-refractivity contribution is 5.87. The highest BCUT2D eigenvalue weighted by atomic mass is 16.5. The summed E-state index contributed by atoms with van der Waals surface area (Å²) in [5, 5.41) is 3.55. The first kappa shape index (κ1) is 22.6. The van der Waals surface area contributed by atoms with Gasteiger partial charge in [-0.25, -0.2) is 4.98 Å². The van der Waals surface area contributed by atoms with Gasteiger partial charge < -0.3 is 10.1 Å². The van der Waals surface area contributed by atoms with Crippen molar-refractivity contribution in [3.05, 3.63) is 144 Å². The van der Waals surface area contributed by atoms with Crippen LogP contribution in [0.4, 0.5) is 5.82 Å². The lowest BCUT2D eigenvalue weighted by atomic mass is 9.90. The Labute approximate surface area is 207 Å². The number of nitrogens with zero attached hydrogens (tertiary/aromatic N) is 1. The molecule has 0 spiro atoms. The molecule has 5 rings (SSSR count). The predicted molar refractivity (Wildman–Crippen MR) is 144 cm³/mol. The van der Waals surface area contributed by atoms with Crippen molar-refractivity contribution < 1.29 is 4.74 Å². The van der Waals surface area contributed by atoms with Crippen molar-refractivity contribution in [2.75, 3.05) is 12.4 Å². The average molecular weight is 457 g/mol. The van der Waals surface area contributed by atoms with Crippen molar-refractivity contribution in [1.82, 2.24) is 4.98 Å². The number of hydrogen-bond donors (Lipinski definition) is 1.